The molecule has 1 amide bonds. The molecule has 0 spiro atoms. The fourth-order valence-corrected chi connectivity index (χ4v) is 4.30. The van der Waals surface area contributed by atoms with Crippen molar-refractivity contribution in [3.63, 3.8) is 0 Å². The number of esters is 1. The van der Waals surface area contributed by atoms with E-state index >= 15 is 0 Å². The smallest absolute Gasteiger partial charge is 0.407 e. The van der Waals surface area contributed by atoms with Gasteiger partial charge in [-0.25, -0.2) is 4.79 Å². The molecule has 1 aromatic rings. The van der Waals surface area contributed by atoms with Crippen molar-refractivity contribution in [3.05, 3.63) is 28.8 Å². The van der Waals surface area contributed by atoms with Gasteiger partial charge in [0.1, 0.15) is 11.9 Å². The topological polar surface area (TPSA) is 76.1 Å². The van der Waals surface area contributed by atoms with Crippen LogP contribution in [-0.4, -0.2) is 46.9 Å². The van der Waals surface area contributed by atoms with Crippen LogP contribution in [0.15, 0.2) is 18.2 Å². The number of rotatable bonds is 5. The summed E-state index contributed by atoms with van der Waals surface area (Å²) in [5.41, 5.74) is 0.776. The number of fused-ring (bicyclic) bond motifs is 2. The summed E-state index contributed by atoms with van der Waals surface area (Å²) in [5, 5.41) is 9.89. The van der Waals surface area contributed by atoms with Gasteiger partial charge in [0.2, 0.25) is 0 Å². The number of halogens is 1. The Morgan fingerprint density at radius 3 is 2.54 bits per heavy atom. The van der Waals surface area contributed by atoms with Crippen molar-refractivity contribution >= 4 is 23.7 Å². The van der Waals surface area contributed by atoms with Gasteiger partial charge in [-0.05, 0) is 43.9 Å². The van der Waals surface area contributed by atoms with Gasteiger partial charge in [0, 0.05) is 24.9 Å². The van der Waals surface area contributed by atoms with Crippen LogP contribution in [0.3, 0.4) is 0 Å². The Bertz CT molecular complexity index is 666. The number of nitrogens with zero attached hydrogens (tertiary/aromatic N) is 1. The molecule has 0 radical (unpaired) electrons. The lowest BCUT2D eigenvalue weighted by Crippen LogP contribution is -2.56. The van der Waals surface area contributed by atoms with E-state index in [1.807, 2.05) is 6.07 Å². The Labute approximate surface area is 158 Å². The van der Waals surface area contributed by atoms with E-state index in [0.29, 0.717) is 30.2 Å². The van der Waals surface area contributed by atoms with Crippen LogP contribution < -0.4 is 4.74 Å². The lowest BCUT2D eigenvalue weighted by atomic mass is 9.83. The Morgan fingerprint density at radius 2 is 1.96 bits per heavy atom. The normalized spacial score (nSPS) is 24.8. The predicted octanol–water partition coefficient (Wildman–Crippen LogP) is 3.89. The highest BCUT2D eigenvalue weighted by Gasteiger charge is 2.41. The molecule has 1 aromatic carbocycles. The second-order valence-corrected chi connectivity index (χ2v) is 7.29. The van der Waals surface area contributed by atoms with E-state index in [1.54, 1.807) is 24.0 Å². The summed E-state index contributed by atoms with van der Waals surface area (Å²) < 4.78 is 11.0. The maximum Gasteiger partial charge on any atom is 0.407 e. The van der Waals surface area contributed by atoms with Crippen LogP contribution in [0.25, 0.3) is 0 Å². The monoisotopic (exact) mass is 381 g/mol. The van der Waals surface area contributed by atoms with Crippen LogP contribution in [-0.2, 0) is 16.0 Å². The number of carbonyl (C=O) groups is 2. The zero-order valence-electron chi connectivity index (χ0n) is 14.8. The van der Waals surface area contributed by atoms with Crippen molar-refractivity contribution in [2.75, 3.05) is 6.61 Å². The third-order valence-electron chi connectivity index (χ3n) is 5.10. The minimum absolute atomic E-state index is 0.0202. The van der Waals surface area contributed by atoms with Gasteiger partial charge < -0.3 is 19.5 Å². The molecule has 26 heavy (non-hydrogen) atoms. The fraction of sp³-hybridized carbons (Fsp3) is 0.579. The molecule has 1 N–H and O–H groups in total. The lowest BCUT2D eigenvalue weighted by molar-refractivity contribution is -0.142. The Kier molecular flexibility index (Phi) is 5.91. The first kappa shape index (κ1) is 18.8. The van der Waals surface area contributed by atoms with E-state index in [2.05, 4.69) is 0 Å². The highest BCUT2D eigenvalue weighted by atomic mass is 35.5. The van der Waals surface area contributed by atoms with E-state index in [0.717, 1.165) is 24.8 Å². The molecule has 0 aromatic heterocycles. The number of hydrogen-bond acceptors (Lipinski definition) is 4. The third-order valence-corrected chi connectivity index (χ3v) is 5.39. The second-order valence-electron chi connectivity index (χ2n) is 6.89. The molecule has 7 heteroatoms. The van der Waals surface area contributed by atoms with Crippen molar-refractivity contribution in [2.45, 2.75) is 63.6 Å². The molecule has 2 aliphatic heterocycles. The van der Waals surface area contributed by atoms with Crippen molar-refractivity contribution in [3.8, 4) is 5.75 Å². The standard InChI is InChI=1S/C19H24ClNO5/c1-2-25-18(22)9-12-6-7-17(16(20)8-12)26-15-10-13-4-3-5-14(11-15)21(13)19(23)24/h6-8,13-15H,2-5,9-11H2,1H3,(H,23,24). The first-order valence-electron chi connectivity index (χ1n) is 9.10. The van der Waals surface area contributed by atoms with Gasteiger partial charge in [0.15, 0.2) is 0 Å². The summed E-state index contributed by atoms with van der Waals surface area (Å²) in [7, 11) is 0. The summed E-state index contributed by atoms with van der Waals surface area (Å²) in [4.78, 5) is 24.7. The molecule has 3 rings (SSSR count). The molecule has 0 aliphatic carbocycles. The first-order valence-corrected chi connectivity index (χ1v) is 9.47. The number of hydrogen-bond donors (Lipinski definition) is 1. The van der Waals surface area contributed by atoms with Crippen molar-refractivity contribution < 1.29 is 24.2 Å². The third kappa shape index (κ3) is 4.23. The number of amides is 1. The number of carboxylic acid groups (broad SMARTS) is 1. The molecule has 0 saturated carbocycles. The summed E-state index contributed by atoms with van der Waals surface area (Å²) in [6.07, 6.45) is 3.50. The van der Waals surface area contributed by atoms with E-state index in [9.17, 15) is 14.7 Å². The quantitative estimate of drug-likeness (QED) is 0.783. The van der Waals surface area contributed by atoms with Gasteiger partial charge in [0.05, 0.1) is 18.1 Å². The molecule has 2 unspecified atom stereocenters. The maximum atomic E-state index is 11.6. The molecule has 2 saturated heterocycles. The molecule has 2 atom stereocenters. The largest absolute Gasteiger partial charge is 0.489 e. The number of piperidine rings is 2. The van der Waals surface area contributed by atoms with E-state index in [4.69, 9.17) is 21.1 Å². The molecular weight excluding hydrogens is 358 g/mol. The van der Waals surface area contributed by atoms with Gasteiger partial charge in [-0.2, -0.15) is 0 Å². The van der Waals surface area contributed by atoms with Gasteiger partial charge in [0.25, 0.3) is 0 Å². The zero-order valence-corrected chi connectivity index (χ0v) is 15.6. The highest BCUT2D eigenvalue weighted by Crippen LogP contribution is 2.37. The molecule has 2 bridgehead atoms. The molecule has 2 aliphatic rings. The number of ether oxygens (including phenoxy) is 2. The highest BCUT2D eigenvalue weighted by molar-refractivity contribution is 6.32. The average Bonchev–Trinajstić information content (AvgIpc) is 2.56. The SMILES string of the molecule is CCOC(=O)Cc1ccc(OC2CC3CCCC(C2)N3C(=O)O)c(Cl)c1. The van der Waals surface area contributed by atoms with Gasteiger partial charge in [-0.15, -0.1) is 0 Å². The van der Waals surface area contributed by atoms with Crippen LogP contribution in [0.2, 0.25) is 5.02 Å². The Hall–Kier alpha value is -1.95. The van der Waals surface area contributed by atoms with Crippen LogP contribution in [0.4, 0.5) is 4.79 Å². The molecule has 2 fully saturated rings. The van der Waals surface area contributed by atoms with Crippen LogP contribution in [0.1, 0.15) is 44.6 Å². The summed E-state index contributed by atoms with van der Waals surface area (Å²) in [6, 6.07) is 5.35. The molecule has 2 heterocycles. The zero-order chi connectivity index (χ0) is 18.7. The van der Waals surface area contributed by atoms with Gasteiger partial charge in [-0.1, -0.05) is 17.7 Å². The van der Waals surface area contributed by atoms with E-state index in [-0.39, 0.29) is 30.6 Å². The van der Waals surface area contributed by atoms with Crippen LogP contribution >= 0.6 is 11.6 Å². The van der Waals surface area contributed by atoms with Crippen molar-refractivity contribution in [1.82, 2.24) is 4.90 Å². The van der Waals surface area contributed by atoms with E-state index in [1.165, 1.54) is 0 Å². The van der Waals surface area contributed by atoms with Crippen molar-refractivity contribution in [1.29, 1.82) is 0 Å². The van der Waals surface area contributed by atoms with Crippen molar-refractivity contribution in [2.24, 2.45) is 0 Å². The summed E-state index contributed by atoms with van der Waals surface area (Å²) >= 11 is 6.33. The first-order chi connectivity index (χ1) is 12.5. The Balaban J connectivity index is 1.64. The molecule has 6 nitrogen and oxygen atoms in total. The minimum Gasteiger partial charge on any atom is -0.489 e. The molecular formula is C19H24ClNO5. The second kappa shape index (κ2) is 8.16. The predicted molar refractivity (Wildman–Crippen MR) is 96.7 cm³/mol. The van der Waals surface area contributed by atoms with E-state index < -0.39 is 6.09 Å². The Morgan fingerprint density at radius 1 is 1.27 bits per heavy atom. The molecule has 142 valence electrons. The summed E-state index contributed by atoms with van der Waals surface area (Å²) in [6.45, 7) is 2.12. The fourth-order valence-electron chi connectivity index (χ4n) is 4.05. The van der Waals surface area contributed by atoms with Gasteiger partial charge >= 0.3 is 12.1 Å². The minimum atomic E-state index is -0.834. The average molecular weight is 382 g/mol. The maximum absolute atomic E-state index is 11.6. The van der Waals surface area contributed by atoms with Crippen LogP contribution in [0.5, 0.6) is 5.75 Å². The van der Waals surface area contributed by atoms with Gasteiger partial charge in [-0.3, -0.25) is 4.79 Å². The van der Waals surface area contributed by atoms with Crippen LogP contribution in [0, 0.1) is 0 Å². The number of benzene rings is 1. The number of carbonyl (C=O) groups excluding carboxylic acids is 1. The lowest BCUT2D eigenvalue weighted by Gasteiger charge is -2.47. The summed E-state index contributed by atoms with van der Waals surface area (Å²) in [5.74, 6) is 0.289.